The van der Waals surface area contributed by atoms with Crippen LogP contribution in [-0.4, -0.2) is 21.4 Å². The maximum Gasteiger partial charge on any atom is 0.412 e. The highest BCUT2D eigenvalue weighted by Crippen LogP contribution is 2.06. The molecule has 0 unspecified atom stereocenters. The Hall–Kier alpha value is -1.30. The predicted octanol–water partition coefficient (Wildman–Crippen LogP) is 0.898. The number of hydrogen-bond donors (Lipinski definition) is 2. The maximum atomic E-state index is 9.99. The van der Waals surface area contributed by atoms with Gasteiger partial charge in [-0.1, -0.05) is 5.10 Å². The molecule has 0 radical (unpaired) electrons. The molecule has 0 aliphatic carbocycles. The Bertz CT molecular complexity index is 261. The molecule has 0 spiro atoms. The predicted molar refractivity (Wildman–Crippen MR) is 35.5 cm³/mol. The van der Waals surface area contributed by atoms with Crippen molar-refractivity contribution < 1.29 is 14.3 Å². The van der Waals surface area contributed by atoms with Crippen molar-refractivity contribution in [1.82, 2.24) is 10.2 Å². The molecule has 11 heavy (non-hydrogen) atoms. The SMILES string of the molecule is O=C(O)Nc1nnc(CCl)o1. The molecule has 0 fully saturated rings. The van der Waals surface area contributed by atoms with Crippen LogP contribution < -0.4 is 5.32 Å². The lowest BCUT2D eigenvalue weighted by Crippen LogP contribution is -2.07. The summed E-state index contributed by atoms with van der Waals surface area (Å²) in [6.45, 7) is 0. The summed E-state index contributed by atoms with van der Waals surface area (Å²) in [6.07, 6.45) is -1.25. The van der Waals surface area contributed by atoms with Crippen molar-refractivity contribution >= 4 is 23.7 Å². The summed E-state index contributed by atoms with van der Waals surface area (Å²) in [5, 5.41) is 16.8. The minimum Gasteiger partial charge on any atom is -0.465 e. The molecule has 60 valence electrons. The topological polar surface area (TPSA) is 88.2 Å². The molecule has 2 N–H and O–H groups in total. The summed E-state index contributed by atoms with van der Waals surface area (Å²) in [6, 6.07) is -0.173. The highest BCUT2D eigenvalue weighted by Gasteiger charge is 2.06. The lowest BCUT2D eigenvalue weighted by Gasteiger charge is -1.88. The summed E-state index contributed by atoms with van der Waals surface area (Å²) >= 11 is 5.31. The van der Waals surface area contributed by atoms with E-state index in [9.17, 15) is 4.79 Å². The zero-order chi connectivity index (χ0) is 8.27. The van der Waals surface area contributed by atoms with Crippen molar-refractivity contribution in [3.63, 3.8) is 0 Å². The van der Waals surface area contributed by atoms with E-state index in [0.29, 0.717) is 0 Å². The summed E-state index contributed by atoms with van der Waals surface area (Å²) in [5.41, 5.74) is 0. The van der Waals surface area contributed by atoms with E-state index in [4.69, 9.17) is 21.1 Å². The average Bonchev–Trinajstić information content (AvgIpc) is 2.34. The molecule has 1 aromatic heterocycles. The van der Waals surface area contributed by atoms with Gasteiger partial charge >= 0.3 is 12.1 Å². The van der Waals surface area contributed by atoms with Gasteiger partial charge in [-0.25, -0.2) is 10.1 Å². The van der Waals surface area contributed by atoms with Crippen LogP contribution in [0.4, 0.5) is 10.8 Å². The Kier molecular flexibility index (Phi) is 2.27. The van der Waals surface area contributed by atoms with Crippen molar-refractivity contribution in [2.45, 2.75) is 5.88 Å². The van der Waals surface area contributed by atoms with Gasteiger partial charge < -0.3 is 9.52 Å². The second-order valence-electron chi connectivity index (χ2n) is 1.56. The Balaban J connectivity index is 2.65. The van der Waals surface area contributed by atoms with Gasteiger partial charge in [0.1, 0.15) is 5.88 Å². The van der Waals surface area contributed by atoms with Gasteiger partial charge in [0.15, 0.2) is 0 Å². The standard InChI is InChI=1S/C4H4ClN3O3/c5-1-2-7-8-3(11-2)6-4(9)10/h1H2,(H,6,8)(H,9,10). The minimum atomic E-state index is -1.25. The van der Waals surface area contributed by atoms with Gasteiger partial charge in [0.05, 0.1) is 0 Å². The lowest BCUT2D eigenvalue weighted by molar-refractivity contribution is 0.209. The summed E-state index contributed by atoms with van der Waals surface area (Å²) in [4.78, 5) is 9.99. The molecule has 7 heteroatoms. The Morgan fingerprint density at radius 1 is 1.73 bits per heavy atom. The van der Waals surface area contributed by atoms with Crippen molar-refractivity contribution in [1.29, 1.82) is 0 Å². The molecule has 0 aliphatic rings. The van der Waals surface area contributed by atoms with Gasteiger partial charge in [-0.05, 0) is 0 Å². The summed E-state index contributed by atoms with van der Waals surface area (Å²) in [5.74, 6) is 0.240. The van der Waals surface area contributed by atoms with Gasteiger partial charge in [-0.3, -0.25) is 0 Å². The molecule has 0 saturated heterocycles. The van der Waals surface area contributed by atoms with Crippen molar-refractivity contribution in [2.24, 2.45) is 0 Å². The van der Waals surface area contributed by atoms with Crippen LogP contribution in [0.25, 0.3) is 0 Å². The zero-order valence-corrected chi connectivity index (χ0v) is 6.00. The number of nitrogens with zero attached hydrogens (tertiary/aromatic N) is 2. The molecule has 1 amide bonds. The number of carbonyl (C=O) groups is 1. The Labute approximate surface area is 66.2 Å². The van der Waals surface area contributed by atoms with Crippen LogP contribution in [0.2, 0.25) is 0 Å². The smallest absolute Gasteiger partial charge is 0.412 e. The van der Waals surface area contributed by atoms with Crippen LogP contribution in [0.15, 0.2) is 4.42 Å². The number of anilines is 1. The number of rotatable bonds is 2. The molecule has 1 heterocycles. The van der Waals surface area contributed by atoms with E-state index < -0.39 is 6.09 Å². The molecule has 0 atom stereocenters. The second-order valence-corrected chi connectivity index (χ2v) is 1.83. The largest absolute Gasteiger partial charge is 0.465 e. The van der Waals surface area contributed by atoms with Crippen LogP contribution >= 0.6 is 11.6 Å². The van der Waals surface area contributed by atoms with E-state index in [1.165, 1.54) is 0 Å². The van der Waals surface area contributed by atoms with E-state index in [0.717, 1.165) is 0 Å². The third kappa shape index (κ3) is 2.08. The van der Waals surface area contributed by atoms with Crippen LogP contribution in [0, 0.1) is 0 Å². The number of nitrogens with one attached hydrogen (secondary N) is 1. The molecule has 1 aromatic rings. The molecular formula is C4H4ClN3O3. The molecule has 0 aromatic carbocycles. The van der Waals surface area contributed by atoms with Gasteiger partial charge in [0.25, 0.3) is 0 Å². The van der Waals surface area contributed by atoms with E-state index >= 15 is 0 Å². The molecule has 6 nitrogen and oxygen atoms in total. The first-order chi connectivity index (χ1) is 5.22. The summed E-state index contributed by atoms with van der Waals surface area (Å²) in [7, 11) is 0. The molecule has 1 rings (SSSR count). The normalized spacial score (nSPS) is 9.55. The van der Waals surface area contributed by atoms with Gasteiger partial charge in [0.2, 0.25) is 5.89 Å². The fraction of sp³-hybridized carbons (Fsp3) is 0.250. The Morgan fingerprint density at radius 2 is 2.45 bits per heavy atom. The van der Waals surface area contributed by atoms with Gasteiger partial charge in [-0.2, -0.15) is 0 Å². The number of halogens is 1. The van der Waals surface area contributed by atoms with E-state index in [1.54, 1.807) is 0 Å². The first-order valence-electron chi connectivity index (χ1n) is 2.60. The molecule has 0 saturated carbocycles. The third-order valence-corrected chi connectivity index (χ3v) is 1.02. The fourth-order valence-corrected chi connectivity index (χ4v) is 0.558. The maximum absolute atomic E-state index is 9.99. The highest BCUT2D eigenvalue weighted by atomic mass is 35.5. The van der Waals surface area contributed by atoms with E-state index in [1.807, 2.05) is 5.32 Å². The van der Waals surface area contributed by atoms with Crippen molar-refractivity contribution in [2.75, 3.05) is 5.32 Å². The average molecular weight is 178 g/mol. The molecular weight excluding hydrogens is 174 g/mol. The van der Waals surface area contributed by atoms with E-state index in [2.05, 4.69) is 10.2 Å². The van der Waals surface area contributed by atoms with Crippen LogP contribution in [0.5, 0.6) is 0 Å². The lowest BCUT2D eigenvalue weighted by atomic mass is 10.8. The third-order valence-electron chi connectivity index (χ3n) is 0.795. The molecule has 0 bridgehead atoms. The summed E-state index contributed by atoms with van der Waals surface area (Å²) < 4.78 is 4.70. The zero-order valence-electron chi connectivity index (χ0n) is 5.24. The van der Waals surface area contributed by atoms with Crippen LogP contribution in [0.1, 0.15) is 5.89 Å². The quantitative estimate of drug-likeness (QED) is 0.656. The number of amides is 1. The second kappa shape index (κ2) is 3.20. The highest BCUT2D eigenvalue weighted by molar-refractivity contribution is 6.16. The van der Waals surface area contributed by atoms with Crippen LogP contribution in [-0.2, 0) is 5.88 Å². The van der Waals surface area contributed by atoms with Crippen LogP contribution in [0.3, 0.4) is 0 Å². The monoisotopic (exact) mass is 177 g/mol. The Morgan fingerprint density at radius 3 is 2.91 bits per heavy atom. The number of aromatic nitrogens is 2. The minimum absolute atomic E-state index is 0.0638. The number of alkyl halides is 1. The van der Waals surface area contributed by atoms with Crippen molar-refractivity contribution in [3.8, 4) is 0 Å². The first kappa shape index (κ1) is 7.80. The fourth-order valence-electron chi connectivity index (χ4n) is 0.450. The molecule has 0 aliphatic heterocycles. The van der Waals surface area contributed by atoms with Crippen molar-refractivity contribution in [3.05, 3.63) is 5.89 Å². The van der Waals surface area contributed by atoms with E-state index in [-0.39, 0.29) is 17.8 Å². The van der Waals surface area contributed by atoms with Gasteiger partial charge in [-0.15, -0.1) is 16.7 Å². The first-order valence-corrected chi connectivity index (χ1v) is 3.14. The van der Waals surface area contributed by atoms with Gasteiger partial charge in [0, 0.05) is 0 Å². The number of carboxylic acid groups (broad SMARTS) is 1. The number of hydrogen-bond acceptors (Lipinski definition) is 4.